The number of hydrogen-bond acceptors (Lipinski definition) is 3. The van der Waals surface area contributed by atoms with Crippen LogP contribution >= 0.6 is 34.4 Å². The molecule has 0 aliphatic heterocycles. The molecule has 0 unspecified atom stereocenters. The third kappa shape index (κ3) is 7.66. The van der Waals surface area contributed by atoms with E-state index in [0.29, 0.717) is 28.2 Å². The largest absolute Gasteiger partial charge is 0.482 e. The first-order chi connectivity index (χ1) is 16.8. The lowest BCUT2D eigenvalue weighted by molar-refractivity contribution is -0.139. The van der Waals surface area contributed by atoms with Crippen LogP contribution in [0.5, 0.6) is 5.75 Å². The summed E-state index contributed by atoms with van der Waals surface area (Å²) in [4.78, 5) is 11.5. The molecule has 0 aliphatic rings. The van der Waals surface area contributed by atoms with Crippen LogP contribution in [0.4, 0.5) is 26.3 Å². The predicted octanol–water partition coefficient (Wildman–Crippen LogP) is 8.02. The lowest BCUT2D eigenvalue weighted by Gasteiger charge is -2.13. The van der Waals surface area contributed by atoms with Crippen molar-refractivity contribution in [2.75, 3.05) is 12.4 Å². The van der Waals surface area contributed by atoms with Crippen molar-refractivity contribution >= 4 is 45.9 Å². The molecule has 190 valence electrons. The van der Waals surface area contributed by atoms with E-state index in [2.05, 4.69) is 22.6 Å². The van der Waals surface area contributed by atoms with E-state index >= 15 is 0 Å². The van der Waals surface area contributed by atoms with Crippen molar-refractivity contribution in [2.45, 2.75) is 17.2 Å². The van der Waals surface area contributed by atoms with Crippen LogP contribution < -0.4 is 4.74 Å². The van der Waals surface area contributed by atoms with E-state index in [1.54, 1.807) is 24.3 Å². The van der Waals surface area contributed by atoms with Gasteiger partial charge < -0.3 is 9.84 Å². The molecule has 0 heterocycles. The summed E-state index contributed by atoms with van der Waals surface area (Å²) in [6, 6.07) is 13.9. The minimum absolute atomic E-state index is 0.364. The van der Waals surface area contributed by atoms with Crippen LogP contribution in [0.1, 0.15) is 22.3 Å². The normalized spacial score (nSPS) is 11.8. The molecular weight excluding hydrogens is 621 g/mol. The zero-order valence-electron chi connectivity index (χ0n) is 18.2. The maximum atomic E-state index is 13.0. The van der Waals surface area contributed by atoms with E-state index in [-0.39, 0.29) is 0 Å². The maximum Gasteiger partial charge on any atom is 0.416 e. The first-order valence-electron chi connectivity index (χ1n) is 10.2. The third-order valence-corrected chi connectivity index (χ3v) is 7.10. The Morgan fingerprint density at radius 2 is 1.36 bits per heavy atom. The van der Waals surface area contributed by atoms with E-state index in [0.717, 1.165) is 32.7 Å². The van der Waals surface area contributed by atoms with Crippen molar-refractivity contribution in [3.63, 3.8) is 0 Å². The topological polar surface area (TPSA) is 46.5 Å². The van der Waals surface area contributed by atoms with E-state index < -0.39 is 36.1 Å². The number of alkyl halides is 6. The van der Waals surface area contributed by atoms with Crippen molar-refractivity contribution in [1.82, 2.24) is 0 Å². The van der Waals surface area contributed by atoms with Crippen LogP contribution in [0.15, 0.2) is 77.7 Å². The highest BCUT2D eigenvalue weighted by molar-refractivity contribution is 14.1. The van der Waals surface area contributed by atoms with Gasteiger partial charge in [-0.15, -0.1) is 11.8 Å². The summed E-state index contributed by atoms with van der Waals surface area (Å²) in [7, 11) is 0. The number of hydrogen-bond donors (Lipinski definition) is 1. The van der Waals surface area contributed by atoms with E-state index in [4.69, 9.17) is 9.84 Å². The number of ether oxygens (including phenoxy) is 1. The Morgan fingerprint density at radius 3 is 1.78 bits per heavy atom. The van der Waals surface area contributed by atoms with Crippen LogP contribution in [0.25, 0.3) is 5.57 Å². The Bertz CT molecular complexity index is 1180. The molecule has 3 aromatic rings. The molecule has 3 rings (SSSR count). The average Bonchev–Trinajstić information content (AvgIpc) is 2.81. The summed E-state index contributed by atoms with van der Waals surface area (Å²) in [5.74, 6) is -0.354. The fourth-order valence-electron chi connectivity index (χ4n) is 3.13. The molecule has 0 aromatic heterocycles. The maximum absolute atomic E-state index is 13.0. The van der Waals surface area contributed by atoms with Crippen molar-refractivity contribution in [2.24, 2.45) is 0 Å². The number of benzene rings is 3. The molecule has 0 aliphatic carbocycles. The number of halogens is 7. The van der Waals surface area contributed by atoms with Crippen LogP contribution in [-0.4, -0.2) is 23.4 Å². The second-order valence-electron chi connectivity index (χ2n) is 7.35. The van der Waals surface area contributed by atoms with Gasteiger partial charge in [0.2, 0.25) is 0 Å². The molecule has 0 bridgehead atoms. The highest BCUT2D eigenvalue weighted by atomic mass is 127. The summed E-state index contributed by atoms with van der Waals surface area (Å²) < 4.78 is 83.8. The van der Waals surface area contributed by atoms with Gasteiger partial charge in [0, 0.05) is 14.2 Å². The Morgan fingerprint density at radius 1 is 0.861 bits per heavy atom. The number of thioether (sulfide) groups is 1. The minimum atomic E-state index is -4.51. The Hall–Kier alpha value is -2.67. The highest BCUT2D eigenvalue weighted by Gasteiger charge is 2.31. The number of carbonyl (C=O) groups is 1. The van der Waals surface area contributed by atoms with E-state index in [9.17, 15) is 31.1 Å². The van der Waals surface area contributed by atoms with Gasteiger partial charge in [0.25, 0.3) is 0 Å². The molecule has 3 aromatic carbocycles. The quantitative estimate of drug-likeness (QED) is 0.154. The highest BCUT2D eigenvalue weighted by Crippen LogP contribution is 2.35. The number of aliphatic carboxylic acids is 1. The monoisotopic (exact) mass is 638 g/mol. The predicted molar refractivity (Wildman–Crippen MR) is 133 cm³/mol. The molecule has 36 heavy (non-hydrogen) atoms. The van der Waals surface area contributed by atoms with Crippen LogP contribution in [0.2, 0.25) is 0 Å². The summed E-state index contributed by atoms with van der Waals surface area (Å²) in [6.45, 7) is -0.477. The number of carboxylic acid groups (broad SMARTS) is 1. The van der Waals surface area contributed by atoms with Crippen LogP contribution in [-0.2, 0) is 17.1 Å². The molecule has 0 radical (unpaired) electrons. The van der Waals surface area contributed by atoms with Gasteiger partial charge in [-0.2, -0.15) is 26.3 Å². The first kappa shape index (κ1) is 27.9. The smallest absolute Gasteiger partial charge is 0.416 e. The fraction of sp³-hybridized carbons (Fsp3) is 0.160. The molecular formula is C25H17F6IO3S. The molecule has 0 atom stereocenters. The van der Waals surface area contributed by atoms with Gasteiger partial charge in [-0.3, -0.25) is 0 Å². The van der Waals surface area contributed by atoms with Gasteiger partial charge in [0.05, 0.1) is 11.1 Å². The number of rotatable bonds is 8. The zero-order chi connectivity index (χ0) is 26.5. The third-order valence-electron chi connectivity index (χ3n) is 4.84. The van der Waals surface area contributed by atoms with E-state index in [1.807, 2.05) is 0 Å². The van der Waals surface area contributed by atoms with Gasteiger partial charge in [-0.1, -0.05) is 30.3 Å². The number of carboxylic acids is 1. The van der Waals surface area contributed by atoms with Gasteiger partial charge in [0.1, 0.15) is 5.75 Å². The lowest BCUT2D eigenvalue weighted by atomic mass is 9.96. The van der Waals surface area contributed by atoms with Crippen molar-refractivity contribution in [3.05, 3.63) is 98.6 Å². The molecule has 11 heteroatoms. The molecule has 0 spiro atoms. The molecule has 0 amide bonds. The zero-order valence-corrected chi connectivity index (χ0v) is 21.1. The van der Waals surface area contributed by atoms with Gasteiger partial charge >= 0.3 is 18.3 Å². The van der Waals surface area contributed by atoms with Gasteiger partial charge in [-0.25, -0.2) is 4.79 Å². The summed E-state index contributed by atoms with van der Waals surface area (Å²) >= 11 is 3.46. The summed E-state index contributed by atoms with van der Waals surface area (Å²) in [6.07, 6.45) is -7.28. The molecule has 3 nitrogen and oxygen atoms in total. The molecule has 1 N–H and O–H groups in total. The Labute approximate surface area is 220 Å². The van der Waals surface area contributed by atoms with Crippen LogP contribution in [0, 0.1) is 3.57 Å². The summed E-state index contributed by atoms with van der Waals surface area (Å²) in [5.41, 5.74) is -0.313. The van der Waals surface area contributed by atoms with Gasteiger partial charge in [-0.05, 0) is 81.8 Å². The van der Waals surface area contributed by atoms with E-state index in [1.165, 1.54) is 36.0 Å². The van der Waals surface area contributed by atoms with Crippen LogP contribution in [0.3, 0.4) is 0 Å². The van der Waals surface area contributed by atoms with Crippen molar-refractivity contribution in [3.8, 4) is 5.75 Å². The fourth-order valence-corrected chi connectivity index (χ4v) is 4.87. The molecule has 0 fully saturated rings. The SMILES string of the molecule is O=C(O)COc1ccc(SCC=C(c2ccc(C(F)(F)F)cc2)c2ccc(C(F)(F)F)cc2)c(I)c1. The van der Waals surface area contributed by atoms with Gasteiger partial charge in [0.15, 0.2) is 6.61 Å². The average molecular weight is 638 g/mol. The first-order valence-corrected chi connectivity index (χ1v) is 12.2. The Kier molecular flexibility index (Phi) is 8.98. The standard InChI is InChI=1S/C25H17F6IO3S/c26-24(27,28)17-5-1-15(2-6-17)20(16-3-7-18(8-4-16)25(29,30)31)11-12-36-22-10-9-19(13-21(22)32)35-14-23(33)34/h1-11,13H,12,14H2,(H,33,34). The van der Waals surface area contributed by atoms with Crippen molar-refractivity contribution in [1.29, 1.82) is 0 Å². The second kappa shape index (κ2) is 11.6. The second-order valence-corrected chi connectivity index (χ2v) is 9.58. The molecule has 0 saturated heterocycles. The van der Waals surface area contributed by atoms with Crippen molar-refractivity contribution < 1.29 is 41.0 Å². The lowest BCUT2D eigenvalue weighted by Crippen LogP contribution is -2.09. The molecule has 0 saturated carbocycles. The minimum Gasteiger partial charge on any atom is -0.482 e. The summed E-state index contributed by atoms with van der Waals surface area (Å²) in [5, 5.41) is 8.72. The Balaban J connectivity index is 1.87.